The van der Waals surface area contributed by atoms with Crippen molar-refractivity contribution < 1.29 is 4.39 Å². The van der Waals surface area contributed by atoms with Gasteiger partial charge in [0.15, 0.2) is 0 Å². The van der Waals surface area contributed by atoms with E-state index in [1.807, 2.05) is 24.3 Å². The molecule has 1 aromatic heterocycles. The normalized spacial score (nSPS) is 17.0. The Morgan fingerprint density at radius 1 is 0.929 bits per heavy atom. The van der Waals surface area contributed by atoms with Crippen molar-refractivity contribution in [3.05, 3.63) is 93.5 Å². The summed E-state index contributed by atoms with van der Waals surface area (Å²) in [7, 11) is 2.16. The van der Waals surface area contributed by atoms with Gasteiger partial charge in [0.2, 0.25) is 0 Å². The van der Waals surface area contributed by atoms with E-state index < -0.39 is 0 Å². The van der Waals surface area contributed by atoms with Gasteiger partial charge in [-0.2, -0.15) is 0 Å². The van der Waals surface area contributed by atoms with E-state index in [1.165, 1.54) is 11.1 Å². The van der Waals surface area contributed by atoms with Gasteiger partial charge in [0.25, 0.3) is 0 Å². The Labute approximate surface area is 175 Å². The molecule has 1 aliphatic heterocycles. The van der Waals surface area contributed by atoms with Crippen molar-refractivity contribution in [1.82, 2.24) is 9.47 Å². The van der Waals surface area contributed by atoms with Crippen LogP contribution in [0.1, 0.15) is 29.5 Å². The maximum Gasteiger partial charge on any atom is 0.123 e. The summed E-state index contributed by atoms with van der Waals surface area (Å²) in [5.74, 6) is -0.192. The van der Waals surface area contributed by atoms with Crippen LogP contribution in [0.5, 0.6) is 0 Å². The number of hydrogen-bond donors (Lipinski definition) is 0. The topological polar surface area (TPSA) is 8.17 Å². The number of likely N-dealkylation sites (tertiary alicyclic amines) is 1. The van der Waals surface area contributed by atoms with Crippen molar-refractivity contribution >= 4 is 23.2 Å². The largest absolute Gasteiger partial charge is 0.350 e. The quantitative estimate of drug-likeness (QED) is 0.506. The predicted octanol–water partition coefficient (Wildman–Crippen LogP) is 5.99. The van der Waals surface area contributed by atoms with E-state index in [-0.39, 0.29) is 11.2 Å². The summed E-state index contributed by atoms with van der Waals surface area (Å²) in [6.07, 6.45) is 6.35. The van der Waals surface area contributed by atoms with Gasteiger partial charge in [-0.1, -0.05) is 35.3 Å². The second-order valence-electron chi connectivity index (χ2n) is 7.74. The monoisotopic (exact) mass is 416 g/mol. The van der Waals surface area contributed by atoms with Crippen molar-refractivity contribution in [1.29, 1.82) is 0 Å². The zero-order valence-electron chi connectivity index (χ0n) is 15.8. The molecule has 0 N–H and O–H groups in total. The van der Waals surface area contributed by atoms with Gasteiger partial charge in [0.1, 0.15) is 5.82 Å². The van der Waals surface area contributed by atoms with Gasteiger partial charge >= 0.3 is 0 Å². The Bertz CT molecular complexity index is 937. The molecule has 0 atom stereocenters. The number of piperidine rings is 1. The fourth-order valence-electron chi connectivity index (χ4n) is 4.25. The lowest BCUT2D eigenvalue weighted by molar-refractivity contribution is 0.213. The number of nitrogens with zero attached hydrogens (tertiary/aromatic N) is 2. The maximum absolute atomic E-state index is 13.5. The van der Waals surface area contributed by atoms with Crippen molar-refractivity contribution in [2.75, 3.05) is 20.1 Å². The molecular formula is C23H23Cl2FN2. The predicted molar refractivity (Wildman–Crippen MR) is 114 cm³/mol. The second kappa shape index (κ2) is 7.90. The number of hydrogen-bond acceptors (Lipinski definition) is 1. The van der Waals surface area contributed by atoms with Crippen molar-refractivity contribution in [2.24, 2.45) is 0 Å². The van der Waals surface area contributed by atoms with Crippen LogP contribution >= 0.6 is 23.2 Å². The van der Waals surface area contributed by atoms with E-state index in [4.69, 9.17) is 23.2 Å². The zero-order valence-corrected chi connectivity index (χ0v) is 17.3. The third-order valence-corrected chi connectivity index (χ3v) is 6.26. The second-order valence-corrected chi connectivity index (χ2v) is 8.62. The van der Waals surface area contributed by atoms with Gasteiger partial charge in [0, 0.05) is 34.4 Å². The van der Waals surface area contributed by atoms with Gasteiger partial charge in [0.05, 0.1) is 0 Å². The lowest BCUT2D eigenvalue weighted by Gasteiger charge is -2.41. The molecule has 0 spiro atoms. The third kappa shape index (κ3) is 3.98. The average molecular weight is 417 g/mol. The number of halogens is 3. The molecule has 2 heterocycles. The van der Waals surface area contributed by atoms with Crippen molar-refractivity contribution in [2.45, 2.75) is 24.8 Å². The highest BCUT2D eigenvalue weighted by Crippen LogP contribution is 2.41. The van der Waals surface area contributed by atoms with E-state index in [0.717, 1.165) is 31.5 Å². The molecule has 3 aromatic rings. The van der Waals surface area contributed by atoms with Crippen LogP contribution in [0.25, 0.3) is 0 Å². The van der Waals surface area contributed by atoms with Crippen molar-refractivity contribution in [3.63, 3.8) is 0 Å². The Balaban J connectivity index is 1.67. The molecule has 0 amide bonds. The molecule has 1 aliphatic rings. The molecule has 0 aliphatic carbocycles. The van der Waals surface area contributed by atoms with Crippen LogP contribution in [0.4, 0.5) is 4.39 Å². The van der Waals surface area contributed by atoms with Crippen LogP contribution in [0, 0.1) is 5.82 Å². The fourth-order valence-corrected chi connectivity index (χ4v) is 4.82. The van der Waals surface area contributed by atoms with Gasteiger partial charge in [-0.25, -0.2) is 4.39 Å². The molecule has 1 fully saturated rings. The summed E-state index contributed by atoms with van der Waals surface area (Å²) >= 11 is 12.3. The van der Waals surface area contributed by atoms with Crippen LogP contribution in [0.3, 0.4) is 0 Å². The highest BCUT2D eigenvalue weighted by atomic mass is 35.5. The van der Waals surface area contributed by atoms with Gasteiger partial charge in [-0.3, -0.25) is 0 Å². The van der Waals surface area contributed by atoms with Gasteiger partial charge < -0.3 is 9.47 Å². The molecule has 0 saturated carbocycles. The Morgan fingerprint density at radius 3 is 2.21 bits per heavy atom. The van der Waals surface area contributed by atoms with Crippen LogP contribution in [0.15, 0.2) is 60.9 Å². The van der Waals surface area contributed by atoms with E-state index in [0.29, 0.717) is 16.6 Å². The first-order chi connectivity index (χ1) is 13.4. The third-order valence-electron chi connectivity index (χ3n) is 5.83. The van der Waals surface area contributed by atoms with Crippen LogP contribution in [-0.4, -0.2) is 29.6 Å². The summed E-state index contributed by atoms with van der Waals surface area (Å²) in [6, 6.07) is 14.8. The Kier molecular flexibility index (Phi) is 5.50. The molecule has 1 saturated heterocycles. The van der Waals surface area contributed by atoms with Crippen LogP contribution in [0.2, 0.25) is 10.0 Å². The smallest absolute Gasteiger partial charge is 0.123 e. The molecule has 0 radical (unpaired) electrons. The molecule has 2 nitrogen and oxygen atoms in total. The molecular weight excluding hydrogens is 394 g/mol. The molecule has 4 rings (SSSR count). The van der Waals surface area contributed by atoms with Gasteiger partial charge in [-0.15, -0.1) is 0 Å². The van der Waals surface area contributed by atoms with E-state index >= 15 is 0 Å². The molecule has 0 unspecified atom stereocenters. The molecule has 146 valence electrons. The van der Waals surface area contributed by atoms with Crippen molar-refractivity contribution in [3.8, 4) is 0 Å². The highest BCUT2D eigenvalue weighted by Gasteiger charge is 2.37. The summed E-state index contributed by atoms with van der Waals surface area (Å²) < 4.78 is 15.7. The lowest BCUT2D eigenvalue weighted by Crippen LogP contribution is -2.41. The standard InChI is InChI=1S/C23H23Cl2FN2/c1-27-10-7-23(8-11-27,18-2-4-22(26)5-3-18)19-6-9-28(16-19)15-17-12-20(24)14-21(25)13-17/h2-6,9,12-14,16H,7-8,10-11,15H2,1H3. The summed E-state index contributed by atoms with van der Waals surface area (Å²) in [5, 5.41) is 1.29. The average Bonchev–Trinajstić information content (AvgIpc) is 3.11. The maximum atomic E-state index is 13.5. The van der Waals surface area contributed by atoms with E-state index in [1.54, 1.807) is 18.2 Å². The minimum atomic E-state index is -0.192. The lowest BCUT2D eigenvalue weighted by atomic mass is 9.69. The molecule has 0 bridgehead atoms. The van der Waals surface area contributed by atoms with E-state index in [2.05, 4.69) is 35.0 Å². The first-order valence-corrected chi connectivity index (χ1v) is 10.3. The number of rotatable bonds is 4. The number of benzene rings is 2. The van der Waals surface area contributed by atoms with Crippen LogP contribution < -0.4 is 0 Å². The first kappa shape index (κ1) is 19.5. The SMILES string of the molecule is CN1CCC(c2ccc(F)cc2)(c2ccn(Cc3cc(Cl)cc(Cl)c3)c2)CC1. The minimum absolute atomic E-state index is 0.0859. The number of aromatic nitrogens is 1. The Morgan fingerprint density at radius 2 is 1.57 bits per heavy atom. The van der Waals surface area contributed by atoms with Gasteiger partial charge in [-0.05, 0) is 86.1 Å². The molecule has 2 aromatic carbocycles. The first-order valence-electron chi connectivity index (χ1n) is 9.50. The molecule has 28 heavy (non-hydrogen) atoms. The zero-order chi connectivity index (χ0) is 19.7. The highest BCUT2D eigenvalue weighted by molar-refractivity contribution is 6.34. The summed E-state index contributed by atoms with van der Waals surface area (Å²) in [4.78, 5) is 2.35. The minimum Gasteiger partial charge on any atom is -0.350 e. The molecule has 5 heteroatoms. The summed E-state index contributed by atoms with van der Waals surface area (Å²) in [6.45, 7) is 2.75. The van der Waals surface area contributed by atoms with E-state index in [9.17, 15) is 4.39 Å². The Hall–Kier alpha value is -1.81. The summed E-state index contributed by atoms with van der Waals surface area (Å²) in [5.41, 5.74) is 3.45. The fraction of sp³-hybridized carbons (Fsp3) is 0.304. The van der Waals surface area contributed by atoms with Crippen LogP contribution in [-0.2, 0) is 12.0 Å².